The number of nitrogens with two attached hydrogens (primary N) is 1. The average Bonchev–Trinajstić information content (AvgIpc) is 2.85. The van der Waals surface area contributed by atoms with Gasteiger partial charge in [-0.2, -0.15) is 0 Å². The summed E-state index contributed by atoms with van der Waals surface area (Å²) in [5.41, 5.74) is 6.94. The molecule has 0 saturated heterocycles. The van der Waals surface area contributed by atoms with Crippen molar-refractivity contribution in [2.75, 3.05) is 5.73 Å². The van der Waals surface area contributed by atoms with Gasteiger partial charge in [0.05, 0.1) is 15.5 Å². The van der Waals surface area contributed by atoms with Gasteiger partial charge in [-0.3, -0.25) is 0 Å². The van der Waals surface area contributed by atoms with Crippen LogP contribution < -0.4 is 5.73 Å². The Hall–Kier alpha value is -2.27. The predicted molar refractivity (Wildman–Crippen MR) is 74.6 cm³/mol. The number of benzene rings is 2. The highest BCUT2D eigenvalue weighted by atomic mass is 32.2. The van der Waals surface area contributed by atoms with E-state index in [2.05, 4.69) is 4.98 Å². The maximum Gasteiger partial charge on any atom is 0.208 e. The molecule has 0 unspecified atom stereocenters. The standard InChI is InChI=1S/C14H12N2O2S/c15-12-9-13-10(6-7-16-13)8-14(12)19(17,18)11-4-2-1-3-5-11/h1-9,16H,15H2. The summed E-state index contributed by atoms with van der Waals surface area (Å²) in [6.07, 6.45) is 1.75. The Morgan fingerprint density at radius 2 is 1.74 bits per heavy atom. The lowest BCUT2D eigenvalue weighted by atomic mass is 10.2. The van der Waals surface area contributed by atoms with E-state index in [1.54, 1.807) is 48.7 Å². The Bertz CT molecular complexity index is 836. The van der Waals surface area contributed by atoms with Crippen molar-refractivity contribution in [3.63, 3.8) is 0 Å². The quantitative estimate of drug-likeness (QED) is 0.704. The number of aromatic amines is 1. The molecule has 0 bridgehead atoms. The molecule has 3 rings (SSSR count). The third kappa shape index (κ3) is 1.88. The Kier molecular flexibility index (Phi) is 2.57. The largest absolute Gasteiger partial charge is 0.398 e. The lowest BCUT2D eigenvalue weighted by Crippen LogP contribution is -2.05. The Labute approximate surface area is 110 Å². The second-order valence-electron chi connectivity index (χ2n) is 4.27. The number of hydrogen-bond acceptors (Lipinski definition) is 3. The van der Waals surface area contributed by atoms with Gasteiger partial charge >= 0.3 is 0 Å². The van der Waals surface area contributed by atoms with Gasteiger partial charge in [0.15, 0.2) is 0 Å². The number of rotatable bonds is 2. The van der Waals surface area contributed by atoms with Gasteiger partial charge in [-0.05, 0) is 30.3 Å². The van der Waals surface area contributed by atoms with Crippen molar-refractivity contribution in [1.29, 1.82) is 0 Å². The van der Waals surface area contributed by atoms with Gasteiger partial charge in [0.25, 0.3) is 0 Å². The number of sulfone groups is 1. The van der Waals surface area contributed by atoms with E-state index >= 15 is 0 Å². The third-order valence-electron chi connectivity index (χ3n) is 3.03. The molecule has 0 aliphatic rings. The molecule has 0 atom stereocenters. The maximum atomic E-state index is 12.5. The Morgan fingerprint density at radius 3 is 2.47 bits per heavy atom. The smallest absolute Gasteiger partial charge is 0.208 e. The molecule has 3 aromatic rings. The molecule has 1 aromatic heterocycles. The maximum absolute atomic E-state index is 12.5. The van der Waals surface area contributed by atoms with Crippen LogP contribution in [0.1, 0.15) is 0 Å². The minimum atomic E-state index is -3.58. The lowest BCUT2D eigenvalue weighted by molar-refractivity contribution is 0.596. The summed E-state index contributed by atoms with van der Waals surface area (Å²) < 4.78 is 25.1. The summed E-state index contributed by atoms with van der Waals surface area (Å²) in [6, 6.07) is 13.4. The molecule has 1 heterocycles. The van der Waals surface area contributed by atoms with Gasteiger partial charge in [-0.25, -0.2) is 8.42 Å². The molecule has 0 radical (unpaired) electrons. The number of fused-ring (bicyclic) bond motifs is 1. The van der Waals surface area contributed by atoms with Gasteiger partial charge in [-0.15, -0.1) is 0 Å². The summed E-state index contributed by atoms with van der Waals surface area (Å²) >= 11 is 0. The summed E-state index contributed by atoms with van der Waals surface area (Å²) in [6.45, 7) is 0. The van der Waals surface area contributed by atoms with Crippen LogP contribution in [0.5, 0.6) is 0 Å². The van der Waals surface area contributed by atoms with Gasteiger partial charge in [-0.1, -0.05) is 18.2 Å². The monoisotopic (exact) mass is 272 g/mol. The van der Waals surface area contributed by atoms with Crippen molar-refractivity contribution >= 4 is 26.4 Å². The fourth-order valence-corrected chi connectivity index (χ4v) is 3.48. The van der Waals surface area contributed by atoms with Crippen molar-refractivity contribution in [1.82, 2.24) is 4.98 Å². The van der Waals surface area contributed by atoms with E-state index in [0.717, 1.165) is 10.9 Å². The average molecular weight is 272 g/mol. The van der Waals surface area contributed by atoms with Crippen molar-refractivity contribution in [3.8, 4) is 0 Å². The van der Waals surface area contributed by atoms with Crippen molar-refractivity contribution in [3.05, 3.63) is 54.7 Å². The normalized spacial score (nSPS) is 11.8. The summed E-state index contributed by atoms with van der Waals surface area (Å²) in [7, 11) is -3.58. The van der Waals surface area contributed by atoms with Crippen molar-refractivity contribution in [2.45, 2.75) is 9.79 Å². The SMILES string of the molecule is Nc1cc2[nH]ccc2cc1S(=O)(=O)c1ccccc1. The predicted octanol–water partition coefficient (Wildman–Crippen LogP) is 2.58. The number of anilines is 1. The molecule has 5 heteroatoms. The fraction of sp³-hybridized carbons (Fsp3) is 0. The second kappa shape index (κ2) is 4.13. The minimum absolute atomic E-state index is 0.144. The molecule has 0 saturated carbocycles. The van der Waals surface area contributed by atoms with Crippen LogP contribution in [0.15, 0.2) is 64.5 Å². The number of aromatic nitrogens is 1. The van der Waals surface area contributed by atoms with Crippen LogP contribution in [-0.2, 0) is 9.84 Å². The van der Waals surface area contributed by atoms with Crippen LogP contribution in [0, 0.1) is 0 Å². The topological polar surface area (TPSA) is 76.0 Å². The van der Waals surface area contributed by atoms with Gasteiger partial charge < -0.3 is 10.7 Å². The minimum Gasteiger partial charge on any atom is -0.398 e. The number of nitrogens with one attached hydrogen (secondary N) is 1. The zero-order chi connectivity index (χ0) is 13.5. The number of H-pyrrole nitrogens is 1. The zero-order valence-electron chi connectivity index (χ0n) is 10.00. The molecule has 96 valence electrons. The Balaban J connectivity index is 2.26. The molecule has 2 aromatic carbocycles. The van der Waals surface area contributed by atoms with Crippen LogP contribution in [0.2, 0.25) is 0 Å². The van der Waals surface area contributed by atoms with E-state index in [1.165, 1.54) is 0 Å². The molecule has 19 heavy (non-hydrogen) atoms. The summed E-state index contributed by atoms with van der Waals surface area (Å²) in [5, 5.41) is 0.823. The molecule has 0 aliphatic heterocycles. The van der Waals surface area contributed by atoms with Crippen LogP contribution in [-0.4, -0.2) is 13.4 Å². The van der Waals surface area contributed by atoms with Crippen molar-refractivity contribution in [2.24, 2.45) is 0 Å². The molecule has 0 spiro atoms. The first-order chi connectivity index (χ1) is 9.09. The number of nitrogen functional groups attached to an aromatic ring is 1. The first kappa shape index (κ1) is 11.8. The highest BCUT2D eigenvalue weighted by molar-refractivity contribution is 7.91. The van der Waals surface area contributed by atoms with Crippen molar-refractivity contribution < 1.29 is 8.42 Å². The van der Waals surface area contributed by atoms with Gasteiger partial charge in [0.1, 0.15) is 0 Å². The van der Waals surface area contributed by atoms with Crippen LogP contribution >= 0.6 is 0 Å². The first-order valence-electron chi connectivity index (χ1n) is 5.76. The summed E-state index contributed by atoms with van der Waals surface area (Å²) in [5.74, 6) is 0. The van der Waals surface area contributed by atoms with Crippen LogP contribution in [0.25, 0.3) is 10.9 Å². The van der Waals surface area contributed by atoms with E-state index < -0.39 is 9.84 Å². The second-order valence-corrected chi connectivity index (χ2v) is 6.19. The molecule has 3 N–H and O–H groups in total. The van der Waals surface area contributed by atoms with Crippen LogP contribution in [0.4, 0.5) is 5.69 Å². The van der Waals surface area contributed by atoms with E-state index in [0.29, 0.717) is 0 Å². The first-order valence-corrected chi connectivity index (χ1v) is 7.24. The van der Waals surface area contributed by atoms with E-state index in [-0.39, 0.29) is 15.5 Å². The van der Waals surface area contributed by atoms with E-state index in [1.807, 2.05) is 6.07 Å². The molecular weight excluding hydrogens is 260 g/mol. The van der Waals surface area contributed by atoms with E-state index in [4.69, 9.17) is 5.73 Å². The van der Waals surface area contributed by atoms with Crippen LogP contribution in [0.3, 0.4) is 0 Å². The highest BCUT2D eigenvalue weighted by Gasteiger charge is 2.20. The highest BCUT2D eigenvalue weighted by Crippen LogP contribution is 2.29. The lowest BCUT2D eigenvalue weighted by Gasteiger charge is -2.08. The zero-order valence-corrected chi connectivity index (χ0v) is 10.8. The summed E-state index contributed by atoms with van der Waals surface area (Å²) in [4.78, 5) is 3.40. The Morgan fingerprint density at radius 1 is 1.00 bits per heavy atom. The molecule has 0 aliphatic carbocycles. The molecule has 4 nitrogen and oxygen atoms in total. The molecule has 0 amide bonds. The van der Waals surface area contributed by atoms with E-state index in [9.17, 15) is 8.42 Å². The third-order valence-corrected chi connectivity index (χ3v) is 4.85. The molecular formula is C14H12N2O2S. The number of hydrogen-bond donors (Lipinski definition) is 2. The van der Waals surface area contributed by atoms with Gasteiger partial charge in [0, 0.05) is 17.1 Å². The molecule has 0 fully saturated rings. The fourth-order valence-electron chi connectivity index (χ4n) is 2.06. The van der Waals surface area contributed by atoms with Gasteiger partial charge in [0.2, 0.25) is 9.84 Å².